The number of hydrogen-bond donors (Lipinski definition) is 1. The normalized spacial score (nSPS) is 13.6. The van der Waals surface area contributed by atoms with E-state index in [2.05, 4.69) is 10.3 Å². The summed E-state index contributed by atoms with van der Waals surface area (Å²) in [5.41, 5.74) is -0.745. The number of amides is 2. The van der Waals surface area contributed by atoms with Crippen LogP contribution in [-0.2, 0) is 6.18 Å². The van der Waals surface area contributed by atoms with Gasteiger partial charge in [0.1, 0.15) is 11.6 Å². The van der Waals surface area contributed by atoms with E-state index in [9.17, 15) is 27.2 Å². The SMILES string of the molecule is O=C(Nc1ccc(F)cc1)c1ccc(N2C=CCN(C(=O)c3ccccc3C(F)(F)F)C2)nc1. The van der Waals surface area contributed by atoms with Crippen molar-refractivity contribution < 1.29 is 27.2 Å². The first-order valence-corrected chi connectivity index (χ1v) is 10.1. The summed E-state index contributed by atoms with van der Waals surface area (Å²) in [5.74, 6) is -1.22. The van der Waals surface area contributed by atoms with Crippen LogP contribution in [0.5, 0.6) is 0 Å². The molecule has 174 valence electrons. The first-order chi connectivity index (χ1) is 16.2. The maximum atomic E-state index is 13.3. The third-order valence-corrected chi connectivity index (χ3v) is 5.09. The van der Waals surface area contributed by atoms with E-state index in [0.29, 0.717) is 11.5 Å². The zero-order valence-electron chi connectivity index (χ0n) is 17.6. The molecule has 1 aromatic heterocycles. The fourth-order valence-corrected chi connectivity index (χ4v) is 3.40. The lowest BCUT2D eigenvalue weighted by Crippen LogP contribution is -2.43. The highest BCUT2D eigenvalue weighted by molar-refractivity contribution is 6.04. The molecule has 0 unspecified atom stereocenters. The Labute approximate surface area is 192 Å². The summed E-state index contributed by atoms with van der Waals surface area (Å²) in [6.07, 6.45) is -0.0142. The highest BCUT2D eigenvalue weighted by Gasteiger charge is 2.36. The summed E-state index contributed by atoms with van der Waals surface area (Å²) in [6, 6.07) is 13.0. The Kier molecular flexibility index (Phi) is 6.31. The van der Waals surface area contributed by atoms with Crippen molar-refractivity contribution in [3.63, 3.8) is 0 Å². The van der Waals surface area contributed by atoms with Gasteiger partial charge in [0.15, 0.2) is 0 Å². The second-order valence-corrected chi connectivity index (χ2v) is 7.43. The molecular weight excluding hydrogens is 452 g/mol. The molecule has 1 N–H and O–H groups in total. The molecule has 10 heteroatoms. The Hall–Kier alpha value is -4.21. The molecule has 1 aliphatic rings. The van der Waals surface area contributed by atoms with Crippen LogP contribution in [0, 0.1) is 5.82 Å². The molecule has 0 atom stereocenters. The van der Waals surface area contributed by atoms with Gasteiger partial charge in [0.05, 0.1) is 23.4 Å². The Morgan fingerprint density at radius 2 is 1.71 bits per heavy atom. The van der Waals surface area contributed by atoms with Gasteiger partial charge in [-0.1, -0.05) is 12.1 Å². The summed E-state index contributed by atoms with van der Waals surface area (Å²) in [4.78, 5) is 32.3. The topological polar surface area (TPSA) is 65.5 Å². The van der Waals surface area contributed by atoms with Crippen molar-refractivity contribution in [3.8, 4) is 0 Å². The number of carbonyl (C=O) groups excluding carboxylic acids is 2. The van der Waals surface area contributed by atoms with Crippen molar-refractivity contribution in [2.45, 2.75) is 6.18 Å². The average molecular weight is 470 g/mol. The summed E-state index contributed by atoms with van der Waals surface area (Å²) >= 11 is 0. The highest BCUT2D eigenvalue weighted by atomic mass is 19.4. The van der Waals surface area contributed by atoms with Gasteiger partial charge in [0.25, 0.3) is 11.8 Å². The molecule has 0 saturated carbocycles. The molecule has 0 bridgehead atoms. The van der Waals surface area contributed by atoms with Crippen LogP contribution in [0.3, 0.4) is 0 Å². The van der Waals surface area contributed by atoms with E-state index in [1.54, 1.807) is 23.2 Å². The Balaban J connectivity index is 1.46. The van der Waals surface area contributed by atoms with E-state index in [1.807, 2.05) is 0 Å². The smallest absolute Gasteiger partial charge is 0.322 e. The zero-order chi connectivity index (χ0) is 24.3. The number of pyridine rings is 1. The van der Waals surface area contributed by atoms with Gasteiger partial charge in [0, 0.05) is 24.6 Å². The van der Waals surface area contributed by atoms with Crippen molar-refractivity contribution in [1.82, 2.24) is 9.88 Å². The van der Waals surface area contributed by atoms with E-state index in [1.165, 1.54) is 53.6 Å². The number of rotatable bonds is 4. The van der Waals surface area contributed by atoms with Crippen LogP contribution < -0.4 is 10.2 Å². The molecule has 3 aromatic rings. The fourth-order valence-electron chi connectivity index (χ4n) is 3.40. The molecule has 4 rings (SSSR count). The van der Waals surface area contributed by atoms with Gasteiger partial charge in [-0.05, 0) is 54.6 Å². The van der Waals surface area contributed by atoms with Gasteiger partial charge in [-0.2, -0.15) is 13.2 Å². The molecule has 34 heavy (non-hydrogen) atoms. The van der Waals surface area contributed by atoms with E-state index >= 15 is 0 Å². The lowest BCUT2D eigenvalue weighted by atomic mass is 10.1. The fraction of sp³-hybridized carbons (Fsp3) is 0.125. The molecule has 0 spiro atoms. The summed E-state index contributed by atoms with van der Waals surface area (Å²) in [7, 11) is 0. The van der Waals surface area contributed by atoms with Crippen molar-refractivity contribution in [2.75, 3.05) is 23.4 Å². The first-order valence-electron chi connectivity index (χ1n) is 10.1. The third kappa shape index (κ3) is 5.06. The minimum atomic E-state index is -4.65. The number of nitrogens with zero attached hydrogens (tertiary/aromatic N) is 3. The molecule has 2 heterocycles. The van der Waals surface area contributed by atoms with Crippen LogP contribution in [0.4, 0.5) is 29.1 Å². The van der Waals surface area contributed by atoms with Gasteiger partial charge in [0.2, 0.25) is 0 Å². The van der Waals surface area contributed by atoms with Crippen LogP contribution in [-0.4, -0.2) is 34.9 Å². The lowest BCUT2D eigenvalue weighted by Gasteiger charge is -2.32. The molecule has 0 aliphatic carbocycles. The lowest BCUT2D eigenvalue weighted by molar-refractivity contribution is -0.138. The Morgan fingerprint density at radius 3 is 2.38 bits per heavy atom. The minimum Gasteiger partial charge on any atom is -0.322 e. The van der Waals surface area contributed by atoms with Crippen LogP contribution in [0.25, 0.3) is 0 Å². The second-order valence-electron chi connectivity index (χ2n) is 7.43. The number of alkyl halides is 3. The second kappa shape index (κ2) is 9.34. The molecule has 0 saturated heterocycles. The summed E-state index contributed by atoms with van der Waals surface area (Å²) < 4.78 is 53.0. The number of halogens is 4. The van der Waals surface area contributed by atoms with Gasteiger partial charge < -0.3 is 15.1 Å². The molecule has 2 amide bonds. The van der Waals surface area contributed by atoms with Crippen LogP contribution in [0.2, 0.25) is 0 Å². The van der Waals surface area contributed by atoms with Crippen LogP contribution >= 0.6 is 0 Å². The Bertz CT molecular complexity index is 1220. The van der Waals surface area contributed by atoms with Gasteiger partial charge in [-0.15, -0.1) is 0 Å². The van der Waals surface area contributed by atoms with Gasteiger partial charge >= 0.3 is 6.18 Å². The predicted molar refractivity (Wildman–Crippen MR) is 118 cm³/mol. The number of nitrogens with one attached hydrogen (secondary N) is 1. The summed E-state index contributed by atoms with van der Waals surface area (Å²) in [6.45, 7) is 0.120. The quantitative estimate of drug-likeness (QED) is 0.550. The number of carbonyl (C=O) groups is 2. The highest BCUT2D eigenvalue weighted by Crippen LogP contribution is 2.32. The standard InChI is InChI=1S/C24H18F4N4O2/c25-17-7-9-18(10-8-17)30-22(33)16-6-11-21(29-14-16)31-12-3-13-32(15-31)23(34)19-4-1-2-5-20(19)24(26,27)28/h1-12,14H,13,15H2,(H,30,33). The maximum absolute atomic E-state index is 13.3. The monoisotopic (exact) mass is 470 g/mol. The molecular formula is C24H18F4N4O2. The van der Waals surface area contributed by atoms with E-state index in [-0.39, 0.29) is 18.8 Å². The van der Waals surface area contributed by atoms with Crippen molar-refractivity contribution in [1.29, 1.82) is 0 Å². The van der Waals surface area contributed by atoms with Crippen molar-refractivity contribution in [3.05, 3.63) is 102 Å². The largest absolute Gasteiger partial charge is 0.417 e. The number of hydrogen-bond acceptors (Lipinski definition) is 4. The molecule has 1 aliphatic heterocycles. The van der Waals surface area contributed by atoms with Crippen LogP contribution in [0.15, 0.2) is 79.1 Å². The predicted octanol–water partition coefficient (Wildman–Crippen LogP) is 4.93. The molecule has 0 fully saturated rings. The number of benzene rings is 2. The van der Waals surface area contributed by atoms with Gasteiger partial charge in [-0.25, -0.2) is 9.37 Å². The zero-order valence-corrected chi connectivity index (χ0v) is 17.6. The number of aromatic nitrogens is 1. The third-order valence-electron chi connectivity index (χ3n) is 5.09. The van der Waals surface area contributed by atoms with E-state index < -0.39 is 34.9 Å². The Morgan fingerprint density at radius 1 is 0.971 bits per heavy atom. The average Bonchev–Trinajstić information content (AvgIpc) is 2.84. The minimum absolute atomic E-state index is 0.0182. The van der Waals surface area contributed by atoms with Crippen molar-refractivity contribution in [2.24, 2.45) is 0 Å². The van der Waals surface area contributed by atoms with E-state index in [0.717, 1.165) is 12.1 Å². The summed E-state index contributed by atoms with van der Waals surface area (Å²) in [5, 5.41) is 2.62. The number of anilines is 2. The maximum Gasteiger partial charge on any atom is 0.417 e. The van der Waals surface area contributed by atoms with E-state index in [4.69, 9.17) is 0 Å². The van der Waals surface area contributed by atoms with Crippen LogP contribution in [0.1, 0.15) is 26.3 Å². The van der Waals surface area contributed by atoms with Gasteiger partial charge in [-0.3, -0.25) is 9.59 Å². The molecule has 6 nitrogen and oxygen atoms in total. The molecule has 2 aromatic carbocycles. The molecule has 0 radical (unpaired) electrons. The van der Waals surface area contributed by atoms with Crippen molar-refractivity contribution >= 4 is 23.3 Å². The first kappa shape index (κ1) is 23.0.